The Balaban J connectivity index is 2.18. The third-order valence-electron chi connectivity index (χ3n) is 3.27. The normalized spacial score (nSPS) is 12.8. The van der Waals surface area contributed by atoms with E-state index in [4.69, 9.17) is 4.42 Å². The van der Waals surface area contributed by atoms with E-state index in [9.17, 15) is 5.11 Å². The summed E-state index contributed by atoms with van der Waals surface area (Å²) in [6.07, 6.45) is 0.937. The van der Waals surface area contributed by atoms with Crippen molar-refractivity contribution >= 4 is 26.7 Å². The lowest BCUT2D eigenvalue weighted by Crippen LogP contribution is -1.99. The molecule has 2 nitrogen and oxygen atoms in total. The molecule has 3 heteroatoms. The number of fused-ring (bicyclic) bond motifs is 1. The Hall–Kier alpha value is -1.58. The number of aliphatic hydroxyl groups is 1. The van der Waals surface area contributed by atoms with Gasteiger partial charge >= 0.3 is 0 Å². The molecule has 1 N–H and O–H groups in total. The predicted octanol–water partition coefficient (Wildman–Crippen LogP) is 4.59. The van der Waals surface area contributed by atoms with Crippen molar-refractivity contribution in [1.29, 1.82) is 0 Å². The summed E-state index contributed by atoms with van der Waals surface area (Å²) in [5, 5.41) is 12.7. The van der Waals surface area contributed by atoms with Crippen LogP contribution in [0.3, 0.4) is 0 Å². The number of aliphatic hydroxyl groups excluding tert-OH is 1. The van der Waals surface area contributed by atoms with Crippen LogP contribution in [0.4, 0.5) is 0 Å². The van der Waals surface area contributed by atoms with E-state index >= 15 is 0 Å². The van der Waals surface area contributed by atoms with Gasteiger partial charge in [0.2, 0.25) is 0 Å². The van der Waals surface area contributed by atoms with Crippen LogP contribution in [-0.4, -0.2) is 5.11 Å². The van der Waals surface area contributed by atoms with Crippen molar-refractivity contribution in [3.05, 3.63) is 70.1 Å². The van der Waals surface area contributed by atoms with Gasteiger partial charge < -0.3 is 9.52 Å². The number of rotatable bonds is 2. The second kappa shape index (κ2) is 4.83. The molecule has 96 valence electrons. The van der Waals surface area contributed by atoms with Gasteiger partial charge in [0, 0.05) is 10.0 Å². The molecular weight excluding hydrogens is 304 g/mol. The third kappa shape index (κ3) is 2.20. The molecule has 1 heterocycles. The molecule has 0 radical (unpaired) electrons. The zero-order chi connectivity index (χ0) is 13.4. The van der Waals surface area contributed by atoms with Crippen LogP contribution in [0.1, 0.15) is 23.0 Å². The second-order valence-electron chi connectivity index (χ2n) is 4.58. The molecule has 0 fully saturated rings. The molecule has 0 amide bonds. The summed E-state index contributed by atoms with van der Waals surface area (Å²) in [4.78, 5) is 0. The van der Waals surface area contributed by atoms with Gasteiger partial charge in [-0.25, -0.2) is 0 Å². The molecule has 3 aromatic rings. The van der Waals surface area contributed by atoms with Gasteiger partial charge in [0.15, 0.2) is 0 Å². The summed E-state index contributed by atoms with van der Waals surface area (Å²) < 4.78 is 6.30. The minimum Gasteiger partial charge on any atom is -0.469 e. The molecule has 0 saturated heterocycles. The molecule has 0 spiro atoms. The van der Waals surface area contributed by atoms with Gasteiger partial charge in [-0.2, -0.15) is 0 Å². The minimum absolute atomic E-state index is 0.671. The maximum Gasteiger partial charge on any atom is 0.108 e. The van der Waals surface area contributed by atoms with Crippen molar-refractivity contribution in [3.63, 3.8) is 0 Å². The summed E-state index contributed by atoms with van der Waals surface area (Å²) in [7, 11) is 0. The van der Waals surface area contributed by atoms with E-state index in [2.05, 4.69) is 15.9 Å². The van der Waals surface area contributed by atoms with Gasteiger partial charge in [0.05, 0.1) is 6.26 Å². The average molecular weight is 317 g/mol. The topological polar surface area (TPSA) is 33.4 Å². The van der Waals surface area contributed by atoms with Crippen molar-refractivity contribution in [1.82, 2.24) is 0 Å². The molecule has 1 unspecified atom stereocenters. The highest BCUT2D eigenvalue weighted by Crippen LogP contribution is 2.33. The van der Waals surface area contributed by atoms with E-state index in [0.29, 0.717) is 0 Å². The molecule has 0 aliphatic carbocycles. The van der Waals surface area contributed by atoms with E-state index in [1.54, 1.807) is 6.26 Å². The molecule has 0 aliphatic heterocycles. The first-order valence-electron chi connectivity index (χ1n) is 6.07. The van der Waals surface area contributed by atoms with Crippen molar-refractivity contribution < 1.29 is 9.52 Å². The molecule has 0 saturated carbocycles. The fourth-order valence-corrected chi connectivity index (χ4v) is 2.79. The van der Waals surface area contributed by atoms with Crippen molar-refractivity contribution in [2.24, 2.45) is 0 Å². The Morgan fingerprint density at radius 2 is 1.84 bits per heavy atom. The highest BCUT2D eigenvalue weighted by Gasteiger charge is 2.16. The second-order valence-corrected chi connectivity index (χ2v) is 5.43. The standard InChI is InChI=1S/C16H13BrO2/c1-10-8-11(9-19-10)16(18)14-6-7-15(17)13-5-3-2-4-12(13)14/h2-9,16,18H,1H3. The number of hydrogen-bond donors (Lipinski definition) is 1. The van der Waals surface area contributed by atoms with E-state index in [1.165, 1.54) is 0 Å². The monoisotopic (exact) mass is 316 g/mol. The molecule has 2 aromatic carbocycles. The molecule has 3 rings (SSSR count). The lowest BCUT2D eigenvalue weighted by Gasteiger charge is -2.13. The first kappa shape index (κ1) is 12.5. The fourth-order valence-electron chi connectivity index (χ4n) is 2.31. The van der Waals surface area contributed by atoms with Crippen LogP contribution in [0.5, 0.6) is 0 Å². The third-order valence-corrected chi connectivity index (χ3v) is 3.96. The van der Waals surface area contributed by atoms with Crippen LogP contribution in [0.2, 0.25) is 0 Å². The van der Waals surface area contributed by atoms with Gasteiger partial charge in [-0.15, -0.1) is 0 Å². The highest BCUT2D eigenvalue weighted by atomic mass is 79.9. The molecular formula is C16H13BrO2. The minimum atomic E-state index is -0.671. The Labute approximate surface area is 119 Å². The van der Waals surface area contributed by atoms with Gasteiger partial charge in [-0.1, -0.05) is 46.3 Å². The Kier molecular flexibility index (Phi) is 3.17. The number of benzene rings is 2. The van der Waals surface area contributed by atoms with Crippen molar-refractivity contribution in [2.75, 3.05) is 0 Å². The number of aryl methyl sites for hydroxylation is 1. The van der Waals surface area contributed by atoms with Crippen LogP contribution >= 0.6 is 15.9 Å². The van der Waals surface area contributed by atoms with E-state index < -0.39 is 6.10 Å². The van der Waals surface area contributed by atoms with Gasteiger partial charge in [-0.3, -0.25) is 0 Å². The first-order valence-corrected chi connectivity index (χ1v) is 6.86. The summed E-state index contributed by atoms with van der Waals surface area (Å²) in [5.41, 5.74) is 1.67. The van der Waals surface area contributed by atoms with Gasteiger partial charge in [0.25, 0.3) is 0 Å². The maximum absolute atomic E-state index is 10.5. The Bertz CT molecular complexity index is 730. The highest BCUT2D eigenvalue weighted by molar-refractivity contribution is 9.10. The lowest BCUT2D eigenvalue weighted by molar-refractivity contribution is 0.221. The first-order chi connectivity index (χ1) is 9.16. The van der Waals surface area contributed by atoms with E-state index in [0.717, 1.165) is 32.1 Å². The molecule has 0 aliphatic rings. The van der Waals surface area contributed by atoms with Crippen molar-refractivity contribution in [2.45, 2.75) is 13.0 Å². The van der Waals surface area contributed by atoms with Crippen LogP contribution in [0, 0.1) is 6.92 Å². The summed E-state index contributed by atoms with van der Waals surface area (Å²) in [6, 6.07) is 13.8. The average Bonchev–Trinajstić information content (AvgIpc) is 2.86. The van der Waals surface area contributed by atoms with Crippen LogP contribution in [0.25, 0.3) is 10.8 Å². The largest absolute Gasteiger partial charge is 0.469 e. The molecule has 19 heavy (non-hydrogen) atoms. The summed E-state index contributed by atoms with van der Waals surface area (Å²) >= 11 is 3.54. The molecule has 1 aromatic heterocycles. The maximum atomic E-state index is 10.5. The number of furan rings is 1. The van der Waals surface area contributed by atoms with Crippen LogP contribution in [0.15, 0.2) is 57.6 Å². The van der Waals surface area contributed by atoms with E-state index in [1.807, 2.05) is 49.4 Å². The predicted molar refractivity (Wildman–Crippen MR) is 79.2 cm³/mol. The fraction of sp³-hybridized carbons (Fsp3) is 0.125. The van der Waals surface area contributed by atoms with Crippen molar-refractivity contribution in [3.8, 4) is 0 Å². The van der Waals surface area contributed by atoms with Gasteiger partial charge in [-0.05, 0) is 35.4 Å². The van der Waals surface area contributed by atoms with Crippen LogP contribution < -0.4 is 0 Å². The number of hydrogen-bond acceptors (Lipinski definition) is 2. The smallest absolute Gasteiger partial charge is 0.108 e. The van der Waals surface area contributed by atoms with Gasteiger partial charge in [0.1, 0.15) is 11.9 Å². The molecule has 0 bridgehead atoms. The number of halogens is 1. The summed E-state index contributed by atoms with van der Waals surface area (Å²) in [6.45, 7) is 1.87. The Morgan fingerprint density at radius 3 is 2.53 bits per heavy atom. The lowest BCUT2D eigenvalue weighted by atomic mass is 9.97. The zero-order valence-electron chi connectivity index (χ0n) is 10.4. The SMILES string of the molecule is Cc1cc(C(O)c2ccc(Br)c3ccccc23)co1. The molecule has 1 atom stereocenters. The Morgan fingerprint density at radius 1 is 1.11 bits per heavy atom. The summed E-state index contributed by atoms with van der Waals surface area (Å²) in [5.74, 6) is 0.801. The quantitative estimate of drug-likeness (QED) is 0.750. The zero-order valence-corrected chi connectivity index (χ0v) is 12.0. The van der Waals surface area contributed by atoms with E-state index in [-0.39, 0.29) is 0 Å². The van der Waals surface area contributed by atoms with Crippen LogP contribution in [-0.2, 0) is 0 Å².